The van der Waals surface area contributed by atoms with Gasteiger partial charge >= 0.3 is 5.97 Å². The fraction of sp³-hybridized carbons (Fsp3) is 0.278. The molecule has 1 aromatic rings. The first kappa shape index (κ1) is 19.0. The molecular formula is C18H19N3O5S. The van der Waals surface area contributed by atoms with Crippen molar-refractivity contribution in [1.29, 1.82) is 0 Å². The smallest absolute Gasteiger partial charge is 0.352 e. The van der Waals surface area contributed by atoms with Gasteiger partial charge in [-0.1, -0.05) is 24.3 Å². The van der Waals surface area contributed by atoms with E-state index in [4.69, 9.17) is 5.73 Å². The number of thioether (sulfide) groups is 1. The summed E-state index contributed by atoms with van der Waals surface area (Å²) < 4.78 is 0. The number of β-lactam (4-membered cyclic amide) rings is 1. The van der Waals surface area contributed by atoms with Crippen LogP contribution in [0.15, 0.2) is 47.7 Å². The topological polar surface area (TPSA) is 133 Å². The van der Waals surface area contributed by atoms with Crippen molar-refractivity contribution in [3.8, 4) is 5.75 Å². The van der Waals surface area contributed by atoms with E-state index in [0.29, 0.717) is 16.9 Å². The third-order valence-electron chi connectivity index (χ3n) is 4.40. The summed E-state index contributed by atoms with van der Waals surface area (Å²) in [7, 11) is 0. The van der Waals surface area contributed by atoms with Gasteiger partial charge in [-0.2, -0.15) is 0 Å². The number of nitrogens with zero attached hydrogens (tertiary/aromatic N) is 1. The number of nitrogens with two attached hydrogens (primary N) is 1. The van der Waals surface area contributed by atoms with E-state index in [2.05, 4.69) is 5.32 Å². The number of amides is 2. The van der Waals surface area contributed by atoms with Crippen molar-refractivity contribution >= 4 is 29.5 Å². The average molecular weight is 389 g/mol. The molecule has 142 valence electrons. The minimum atomic E-state index is -1.17. The second-order valence-electron chi connectivity index (χ2n) is 6.14. The first-order valence-electron chi connectivity index (χ1n) is 8.24. The van der Waals surface area contributed by atoms with Gasteiger partial charge in [0.2, 0.25) is 5.91 Å². The van der Waals surface area contributed by atoms with Crippen LogP contribution < -0.4 is 11.1 Å². The number of phenols is 1. The Morgan fingerprint density at radius 2 is 2.04 bits per heavy atom. The van der Waals surface area contributed by atoms with Crippen LogP contribution in [0.5, 0.6) is 5.75 Å². The molecular weight excluding hydrogens is 370 g/mol. The quantitative estimate of drug-likeness (QED) is 0.545. The zero-order chi connectivity index (χ0) is 19.7. The Balaban J connectivity index is 1.74. The number of carbonyl (C=O) groups is 3. The van der Waals surface area contributed by atoms with Crippen LogP contribution in [0, 0.1) is 0 Å². The Morgan fingerprint density at radius 1 is 1.37 bits per heavy atom. The largest absolute Gasteiger partial charge is 0.508 e. The number of carboxylic acid groups (broad SMARTS) is 1. The van der Waals surface area contributed by atoms with E-state index in [1.807, 2.05) is 0 Å². The number of hydrogen-bond donors (Lipinski definition) is 4. The van der Waals surface area contributed by atoms with Crippen LogP contribution in [0.3, 0.4) is 0 Å². The summed E-state index contributed by atoms with van der Waals surface area (Å²) in [5.41, 5.74) is 6.93. The second-order valence-corrected chi connectivity index (χ2v) is 7.25. The summed E-state index contributed by atoms with van der Waals surface area (Å²) in [6, 6.07) is 4.06. The lowest BCUT2D eigenvalue weighted by Crippen LogP contribution is -2.71. The normalized spacial score (nSPS) is 23.0. The summed E-state index contributed by atoms with van der Waals surface area (Å²) in [5.74, 6) is -1.71. The summed E-state index contributed by atoms with van der Waals surface area (Å²) in [6.45, 7) is 1.77. The van der Waals surface area contributed by atoms with Gasteiger partial charge in [-0.25, -0.2) is 4.79 Å². The second kappa shape index (κ2) is 7.45. The first-order chi connectivity index (χ1) is 12.8. The highest BCUT2D eigenvalue weighted by Crippen LogP contribution is 2.40. The van der Waals surface area contributed by atoms with Crippen molar-refractivity contribution in [2.75, 3.05) is 5.75 Å². The van der Waals surface area contributed by atoms with Gasteiger partial charge in [0.05, 0.1) is 0 Å². The SMILES string of the molecule is CC=CC1=C(C(=O)O)N2C(=O)C(NC(=O)C(N)c3ccc(O)cc3)[C@@H]2SC1. The van der Waals surface area contributed by atoms with Gasteiger partial charge in [0.1, 0.15) is 28.9 Å². The number of allylic oxidation sites excluding steroid dienone is 2. The molecule has 2 heterocycles. The minimum absolute atomic E-state index is 0.0461. The summed E-state index contributed by atoms with van der Waals surface area (Å²) >= 11 is 1.39. The fourth-order valence-electron chi connectivity index (χ4n) is 3.05. The number of carbonyl (C=O) groups excluding carboxylic acids is 2. The molecule has 9 heteroatoms. The van der Waals surface area contributed by atoms with E-state index < -0.39 is 35.2 Å². The molecule has 2 amide bonds. The molecule has 2 aliphatic rings. The molecule has 0 aromatic heterocycles. The fourth-order valence-corrected chi connectivity index (χ4v) is 4.37. The molecule has 1 saturated heterocycles. The molecule has 2 unspecified atom stereocenters. The Morgan fingerprint density at radius 3 is 2.63 bits per heavy atom. The number of benzene rings is 1. The molecule has 27 heavy (non-hydrogen) atoms. The van der Waals surface area contributed by atoms with E-state index in [1.165, 1.54) is 40.9 Å². The van der Waals surface area contributed by atoms with E-state index in [1.54, 1.807) is 19.1 Å². The van der Waals surface area contributed by atoms with Crippen LogP contribution in [0.25, 0.3) is 0 Å². The summed E-state index contributed by atoms with van der Waals surface area (Å²) in [4.78, 5) is 37.7. The Labute approximate surface area is 159 Å². The van der Waals surface area contributed by atoms with Crippen molar-refractivity contribution in [2.24, 2.45) is 5.73 Å². The molecule has 1 fully saturated rings. The Kier molecular flexibility index (Phi) is 5.24. The van der Waals surface area contributed by atoms with Crippen LogP contribution in [0.4, 0.5) is 0 Å². The zero-order valence-corrected chi connectivity index (χ0v) is 15.3. The summed E-state index contributed by atoms with van der Waals surface area (Å²) in [6.07, 6.45) is 3.39. The van der Waals surface area contributed by atoms with Crippen LogP contribution in [-0.4, -0.2) is 50.1 Å². The number of aliphatic carboxylic acids is 1. The highest BCUT2D eigenvalue weighted by Gasteiger charge is 2.54. The average Bonchev–Trinajstić information content (AvgIpc) is 2.65. The lowest BCUT2D eigenvalue weighted by molar-refractivity contribution is -0.150. The van der Waals surface area contributed by atoms with E-state index >= 15 is 0 Å². The van der Waals surface area contributed by atoms with Crippen molar-refractivity contribution in [3.05, 3.63) is 53.3 Å². The highest BCUT2D eigenvalue weighted by atomic mass is 32.2. The zero-order valence-electron chi connectivity index (χ0n) is 14.5. The van der Waals surface area contributed by atoms with Crippen molar-refractivity contribution in [1.82, 2.24) is 10.2 Å². The molecule has 0 radical (unpaired) electrons. The van der Waals surface area contributed by atoms with Crippen molar-refractivity contribution in [2.45, 2.75) is 24.4 Å². The molecule has 0 bridgehead atoms. The van der Waals surface area contributed by atoms with Gasteiger partial charge in [0, 0.05) is 5.75 Å². The maximum Gasteiger partial charge on any atom is 0.352 e. The monoisotopic (exact) mass is 389 g/mol. The summed E-state index contributed by atoms with van der Waals surface area (Å²) in [5, 5.41) is 20.9. The van der Waals surface area contributed by atoms with Crippen molar-refractivity contribution in [3.63, 3.8) is 0 Å². The molecule has 0 aliphatic carbocycles. The molecule has 0 spiro atoms. The third-order valence-corrected chi connectivity index (χ3v) is 5.70. The number of nitrogens with one attached hydrogen (secondary N) is 1. The maximum atomic E-state index is 12.5. The molecule has 1 aromatic carbocycles. The first-order valence-corrected chi connectivity index (χ1v) is 9.28. The maximum absolute atomic E-state index is 12.5. The van der Waals surface area contributed by atoms with E-state index in [0.717, 1.165) is 0 Å². The third kappa shape index (κ3) is 3.43. The Bertz CT molecular complexity index is 849. The lowest BCUT2D eigenvalue weighted by Gasteiger charge is -2.49. The number of rotatable bonds is 5. The molecule has 2 aliphatic heterocycles. The lowest BCUT2D eigenvalue weighted by atomic mass is 10.0. The predicted molar refractivity (Wildman–Crippen MR) is 99.5 cm³/mol. The van der Waals surface area contributed by atoms with Gasteiger partial charge < -0.3 is 21.3 Å². The minimum Gasteiger partial charge on any atom is -0.508 e. The van der Waals surface area contributed by atoms with Crippen LogP contribution >= 0.6 is 11.8 Å². The van der Waals surface area contributed by atoms with Gasteiger partial charge in [-0.15, -0.1) is 11.8 Å². The molecule has 5 N–H and O–H groups in total. The van der Waals surface area contributed by atoms with E-state index in [9.17, 15) is 24.6 Å². The predicted octanol–water partition coefficient (Wildman–Crippen LogP) is 0.707. The van der Waals surface area contributed by atoms with Gasteiger partial charge in [-0.3, -0.25) is 14.5 Å². The number of phenolic OH excluding ortho intramolecular Hbond substituents is 1. The standard InChI is InChI=1S/C18H19N3O5S/c1-2-3-10-8-27-17-13(16(24)21(17)14(10)18(25)26)20-15(23)12(19)9-4-6-11(22)7-5-9/h2-7,12-13,17,22H,8,19H2,1H3,(H,20,23)(H,25,26)/t12?,13?,17-/m0/s1. The Hall–Kier alpha value is -2.78. The van der Waals surface area contributed by atoms with Gasteiger partial charge in [0.25, 0.3) is 5.91 Å². The van der Waals surface area contributed by atoms with Crippen molar-refractivity contribution < 1.29 is 24.6 Å². The van der Waals surface area contributed by atoms with Crippen LogP contribution in [0.1, 0.15) is 18.5 Å². The van der Waals surface area contributed by atoms with Gasteiger partial charge in [0.15, 0.2) is 0 Å². The highest BCUT2D eigenvalue weighted by molar-refractivity contribution is 8.00. The molecule has 0 saturated carbocycles. The van der Waals surface area contributed by atoms with E-state index in [-0.39, 0.29) is 11.4 Å². The number of hydrogen-bond acceptors (Lipinski definition) is 6. The molecule has 3 atom stereocenters. The molecule has 8 nitrogen and oxygen atoms in total. The number of fused-ring (bicyclic) bond motifs is 1. The number of carboxylic acids is 1. The van der Waals surface area contributed by atoms with Crippen LogP contribution in [-0.2, 0) is 14.4 Å². The van der Waals surface area contributed by atoms with Crippen LogP contribution in [0.2, 0.25) is 0 Å². The van der Waals surface area contributed by atoms with Gasteiger partial charge in [-0.05, 0) is 30.2 Å². The number of aromatic hydroxyl groups is 1. The molecule has 3 rings (SSSR count).